The molecule has 4 amide bonds. The summed E-state index contributed by atoms with van der Waals surface area (Å²) in [6.45, 7) is 9.59. The normalized spacial score (nSPS) is 25.0. The van der Waals surface area contributed by atoms with Crippen molar-refractivity contribution in [3.63, 3.8) is 0 Å². The van der Waals surface area contributed by atoms with Crippen molar-refractivity contribution < 1.29 is 133 Å². The number of allylic oxidation sites excluding steroid dienone is 1. The molecule has 5 aromatic rings. The predicted molar refractivity (Wildman–Crippen MR) is 376 cm³/mol. The molecule has 9 rings (SSSR count). The third-order valence-corrected chi connectivity index (χ3v) is 18.2. The molecular formula is C79H88N2O28. The molecule has 30 nitrogen and oxygen atoms in total. The highest BCUT2D eigenvalue weighted by Crippen LogP contribution is 2.46. The number of amides is 4. The molecule has 0 unspecified atom stereocenters. The minimum atomic E-state index is -3.31. The molecule has 3 fully saturated rings. The summed E-state index contributed by atoms with van der Waals surface area (Å²) in [5.41, 5.74) is 0.859. The summed E-state index contributed by atoms with van der Waals surface area (Å²) in [7, 11) is 0.846. The zero-order valence-electron chi connectivity index (χ0n) is 61.8. The lowest BCUT2D eigenvalue weighted by Gasteiger charge is -2.53. The van der Waals surface area contributed by atoms with Crippen molar-refractivity contribution in [3.8, 4) is 0 Å². The summed E-state index contributed by atoms with van der Waals surface area (Å²) in [5.74, 6) is -16.3. The second-order valence-electron chi connectivity index (χ2n) is 26.0. The second-order valence-corrected chi connectivity index (χ2v) is 26.0. The number of ether oxygens (including phenoxy) is 16. The minimum absolute atomic E-state index is 0.00564. The van der Waals surface area contributed by atoms with E-state index in [0.29, 0.717) is 40.0 Å². The Labute approximate surface area is 628 Å². The summed E-state index contributed by atoms with van der Waals surface area (Å²) in [6.07, 6.45) is -25.0. The molecule has 0 aromatic heterocycles. The van der Waals surface area contributed by atoms with Gasteiger partial charge in [-0.1, -0.05) is 140 Å². The Morgan fingerprint density at radius 3 is 1.57 bits per heavy atom. The van der Waals surface area contributed by atoms with Crippen molar-refractivity contribution in [2.45, 2.75) is 191 Å². The molecule has 4 aliphatic rings. The van der Waals surface area contributed by atoms with Gasteiger partial charge in [-0.3, -0.25) is 62.5 Å². The molecule has 0 spiro atoms. The van der Waals surface area contributed by atoms with Crippen LogP contribution in [0.15, 0.2) is 158 Å². The van der Waals surface area contributed by atoms with E-state index in [2.05, 4.69) is 6.58 Å². The van der Waals surface area contributed by atoms with Crippen molar-refractivity contribution in [3.05, 3.63) is 192 Å². The van der Waals surface area contributed by atoms with Gasteiger partial charge in [-0.05, 0) is 47.2 Å². The summed E-state index contributed by atoms with van der Waals surface area (Å²) in [5, 5.41) is 0. The van der Waals surface area contributed by atoms with Gasteiger partial charge in [0.25, 0.3) is 17.6 Å². The Morgan fingerprint density at radius 1 is 0.569 bits per heavy atom. The number of carbonyl (C=O) groups excluding carboxylic acids is 12. The third-order valence-electron chi connectivity index (χ3n) is 18.2. The molecule has 0 bridgehead atoms. The van der Waals surface area contributed by atoms with Crippen LogP contribution in [0.25, 0.3) is 0 Å². The monoisotopic (exact) mass is 1510 g/mol. The lowest BCUT2D eigenvalue weighted by molar-refractivity contribution is -0.387. The summed E-state index contributed by atoms with van der Waals surface area (Å²) in [6, 6.07) is 38.8. The highest BCUT2D eigenvalue weighted by Gasteiger charge is 2.66. The lowest BCUT2D eigenvalue weighted by atomic mass is 9.80. The molecule has 16 atom stereocenters. The van der Waals surface area contributed by atoms with E-state index in [1.54, 1.807) is 48.5 Å². The van der Waals surface area contributed by atoms with E-state index in [-0.39, 0.29) is 24.3 Å². The summed E-state index contributed by atoms with van der Waals surface area (Å²) < 4.78 is 103. The van der Waals surface area contributed by atoms with Crippen molar-refractivity contribution >= 4 is 71.4 Å². The Hall–Kier alpha value is -10.4. The molecule has 5 aromatic carbocycles. The van der Waals surface area contributed by atoms with Gasteiger partial charge in [0.05, 0.1) is 44.5 Å². The molecule has 30 heteroatoms. The van der Waals surface area contributed by atoms with Crippen LogP contribution in [0.4, 0.5) is 0 Å². The number of hydrogen-bond donors (Lipinski definition) is 0. The molecular weight excluding hydrogens is 1420 g/mol. The first-order chi connectivity index (χ1) is 52.1. The molecule has 0 radical (unpaired) electrons. The molecule has 4 aliphatic heterocycles. The van der Waals surface area contributed by atoms with Crippen molar-refractivity contribution in [1.82, 2.24) is 9.80 Å². The molecule has 3 saturated heterocycles. The van der Waals surface area contributed by atoms with E-state index in [1.807, 2.05) is 91.0 Å². The first-order valence-electron chi connectivity index (χ1n) is 35.1. The minimum Gasteiger partial charge on any atom is -0.465 e. The molecule has 582 valence electrons. The van der Waals surface area contributed by atoms with Crippen LogP contribution in [0.2, 0.25) is 0 Å². The lowest BCUT2D eigenvalue weighted by Crippen LogP contribution is -2.73. The van der Waals surface area contributed by atoms with E-state index in [9.17, 15) is 43.2 Å². The number of methoxy groups -OCH3 is 1. The van der Waals surface area contributed by atoms with Crippen LogP contribution >= 0.6 is 0 Å². The number of hydrogen-bond acceptors (Lipinski definition) is 28. The van der Waals surface area contributed by atoms with Gasteiger partial charge in [0.2, 0.25) is 11.8 Å². The number of carbonyl (C=O) groups is 12. The molecule has 0 saturated carbocycles. The van der Waals surface area contributed by atoms with Crippen LogP contribution in [-0.4, -0.2) is 212 Å². The number of imide groups is 2. The molecule has 109 heavy (non-hydrogen) atoms. The Balaban J connectivity index is 1.32. The fraction of sp³-hybridized carbons (Fsp3) is 0.443. The maximum atomic E-state index is 15.5. The van der Waals surface area contributed by atoms with Gasteiger partial charge in [-0.15, -0.1) is 6.58 Å². The molecule has 0 aliphatic carbocycles. The zero-order chi connectivity index (χ0) is 78.9. The number of unbranched alkanes of at least 4 members (excludes halogenated alkanes) is 1. The van der Waals surface area contributed by atoms with Crippen LogP contribution in [0.5, 0.6) is 0 Å². The second kappa shape index (κ2) is 37.6. The Kier molecular flexibility index (Phi) is 28.5. The van der Waals surface area contributed by atoms with E-state index in [0.717, 1.165) is 74.3 Å². The quantitative estimate of drug-likeness (QED) is 0.0108. The molecule has 4 heterocycles. The summed E-state index contributed by atoms with van der Waals surface area (Å²) in [4.78, 5) is 170. The number of nitrogens with zero attached hydrogens (tertiary/aromatic N) is 2. The number of rotatable bonds is 32. The molecule has 0 N–H and O–H groups in total. The maximum Gasteiger partial charge on any atom is 0.366 e. The highest BCUT2D eigenvalue weighted by atomic mass is 16.8. The van der Waals surface area contributed by atoms with E-state index in [1.165, 1.54) is 12.1 Å². The first kappa shape index (κ1) is 82.6. The predicted octanol–water partition coefficient (Wildman–Crippen LogP) is 6.65. The van der Waals surface area contributed by atoms with Crippen molar-refractivity contribution in [2.75, 3.05) is 33.5 Å². The number of benzene rings is 5. The van der Waals surface area contributed by atoms with E-state index >= 15 is 14.4 Å². The topological polar surface area (TPSA) is 359 Å². The van der Waals surface area contributed by atoms with Gasteiger partial charge in [-0.25, -0.2) is 4.79 Å². The standard InChI is InChI=1S/C79H88N2O28/c1-12-13-28-39-95-75-65(81-73(91)58-37-26-27-38-59(58)74(81)92)69(98-41-54-29-18-14-19-30-54)66(63(105-75)44-99-79(55-31-20-15-21-32-55,56-33-22-16-23-34-56)57-35-24-17-25-36-57)107-76-72(104-53(10)90)71(68(103-52(9)89)62(106-76)43-97-48(5)85)109-78(77(93)94-11)40-60(100-49(6)86)64(80(45(2)82)46(3)83)70(108-78)67(102-51(8)88)61(101-50(7)87)42-96-47(4)84/h12,14-27,29-38,60-72,75-76H,1,13,28,39-44H2,2-11H3/t60-,61+,62+,63+,64+,65+,66+,67+,68-,69+,70+,71-,72+,75+,76-,78-/m0/s1. The largest absolute Gasteiger partial charge is 0.465 e. The van der Waals surface area contributed by atoms with Crippen LogP contribution in [0.3, 0.4) is 0 Å². The highest BCUT2D eigenvalue weighted by molar-refractivity contribution is 6.21. The average molecular weight is 1510 g/mol. The van der Waals surface area contributed by atoms with Crippen molar-refractivity contribution in [1.29, 1.82) is 0 Å². The van der Waals surface area contributed by atoms with Crippen LogP contribution in [0, 0.1) is 0 Å². The Bertz CT molecular complexity index is 3920. The maximum absolute atomic E-state index is 15.5. The fourth-order valence-corrected chi connectivity index (χ4v) is 14.0. The van der Waals surface area contributed by atoms with Gasteiger partial charge in [0.15, 0.2) is 37.0 Å². The van der Waals surface area contributed by atoms with E-state index in [4.69, 9.17) is 75.8 Å². The van der Waals surface area contributed by atoms with Gasteiger partial charge in [0, 0.05) is 62.3 Å². The van der Waals surface area contributed by atoms with Gasteiger partial charge in [-0.2, -0.15) is 0 Å². The van der Waals surface area contributed by atoms with Gasteiger partial charge in [0.1, 0.15) is 73.6 Å². The van der Waals surface area contributed by atoms with Crippen LogP contribution in [-0.2, 0) is 136 Å². The average Bonchev–Trinajstić information content (AvgIpc) is 1.69. The SMILES string of the molecule is C=CCCCO[C@@H]1O[C@H](COC(c2ccccc2)(c2ccccc2)c2ccccc2)[C@@H](O[C@@H]2O[C@H](COC(C)=O)[C@H](OC(C)=O)[C@H](O[C@]3(C(=O)OC)C[C@H](OC(C)=O)[C@@H](N(C(C)=O)C(C)=O)[C@H]([C@H](OC(C)=O)[C@@H](COC(C)=O)OC(C)=O)O3)[C@H]2OC(C)=O)[C@H](OCc2ccccc2)[C@H]1N1C(=O)c2ccccc2C1=O. The third kappa shape index (κ3) is 19.7. The fourth-order valence-electron chi connectivity index (χ4n) is 14.0. The first-order valence-corrected chi connectivity index (χ1v) is 35.1. The van der Waals surface area contributed by atoms with E-state index < -0.39 is 201 Å². The van der Waals surface area contributed by atoms with Crippen molar-refractivity contribution in [2.24, 2.45) is 0 Å². The number of esters is 8. The smallest absolute Gasteiger partial charge is 0.366 e. The van der Waals surface area contributed by atoms with Crippen LogP contribution < -0.4 is 0 Å². The number of fused-ring (bicyclic) bond motifs is 1. The van der Waals surface area contributed by atoms with Crippen LogP contribution in [0.1, 0.15) is 125 Å². The summed E-state index contributed by atoms with van der Waals surface area (Å²) >= 11 is 0. The Morgan fingerprint density at radius 2 is 1.07 bits per heavy atom. The van der Waals surface area contributed by atoms with Gasteiger partial charge >= 0.3 is 47.8 Å². The van der Waals surface area contributed by atoms with Gasteiger partial charge < -0.3 is 75.8 Å². The zero-order valence-corrected chi connectivity index (χ0v) is 61.8.